The number of hydrogen-bond acceptors (Lipinski definition) is 3. The summed E-state index contributed by atoms with van der Waals surface area (Å²) in [6, 6.07) is 13.9. The van der Waals surface area contributed by atoms with Crippen LogP contribution in [0.3, 0.4) is 0 Å². The van der Waals surface area contributed by atoms with Crippen LogP contribution >= 0.6 is 0 Å². The highest BCUT2D eigenvalue weighted by atomic mass is 32.2. The summed E-state index contributed by atoms with van der Waals surface area (Å²) in [4.78, 5) is 3.62. The van der Waals surface area contributed by atoms with Crippen LogP contribution in [0, 0.1) is 0 Å². The first kappa shape index (κ1) is 20.8. The first-order chi connectivity index (χ1) is 13.3. The average molecular weight is 403 g/mol. The number of fused-ring (bicyclic) bond motifs is 1. The summed E-state index contributed by atoms with van der Waals surface area (Å²) < 4.78 is 28.6. The molecule has 0 heterocycles. The SMILES string of the molecule is CN(C)c1ccc([C@H](CNS(=O)(=O)c2ccc3c(c2)CCCC3)[NH+](C)C)cc1. The van der Waals surface area contributed by atoms with E-state index in [1.807, 2.05) is 26.2 Å². The minimum Gasteiger partial charge on any atom is -0.378 e. The lowest BCUT2D eigenvalue weighted by molar-refractivity contribution is -0.890. The summed E-state index contributed by atoms with van der Waals surface area (Å²) in [5.41, 5.74) is 4.73. The number of rotatable bonds is 7. The molecule has 0 spiro atoms. The molecule has 2 aromatic carbocycles. The molecule has 5 nitrogen and oxygen atoms in total. The Morgan fingerprint density at radius 1 is 1.00 bits per heavy atom. The third-order valence-electron chi connectivity index (χ3n) is 5.62. The van der Waals surface area contributed by atoms with Gasteiger partial charge in [0.1, 0.15) is 6.04 Å². The van der Waals surface area contributed by atoms with E-state index in [2.05, 4.69) is 48.0 Å². The second-order valence-electron chi connectivity index (χ2n) is 8.11. The zero-order valence-corrected chi connectivity index (χ0v) is 18.1. The number of likely N-dealkylation sites (N-methyl/N-ethyl adjacent to an activating group) is 1. The van der Waals surface area contributed by atoms with Crippen molar-refractivity contribution in [2.24, 2.45) is 0 Å². The molecule has 0 amide bonds. The van der Waals surface area contributed by atoms with Crippen LogP contribution in [0.1, 0.15) is 35.6 Å². The number of benzene rings is 2. The van der Waals surface area contributed by atoms with Crippen LogP contribution in [-0.4, -0.2) is 43.2 Å². The van der Waals surface area contributed by atoms with Gasteiger partial charge in [0, 0.05) is 25.3 Å². The van der Waals surface area contributed by atoms with Gasteiger partial charge >= 0.3 is 0 Å². The molecule has 152 valence electrons. The lowest BCUT2D eigenvalue weighted by Gasteiger charge is -2.23. The molecule has 0 saturated heterocycles. The van der Waals surface area contributed by atoms with Gasteiger partial charge in [0.05, 0.1) is 25.5 Å². The third kappa shape index (κ3) is 4.74. The molecule has 0 aromatic heterocycles. The number of nitrogens with one attached hydrogen (secondary N) is 2. The number of aryl methyl sites for hydroxylation is 2. The molecule has 0 bridgehead atoms. The lowest BCUT2D eigenvalue weighted by Crippen LogP contribution is -3.07. The van der Waals surface area contributed by atoms with Crippen molar-refractivity contribution in [3.63, 3.8) is 0 Å². The molecular weight excluding hydrogens is 370 g/mol. The predicted molar refractivity (Wildman–Crippen MR) is 115 cm³/mol. The van der Waals surface area contributed by atoms with Gasteiger partial charge in [0.25, 0.3) is 0 Å². The fourth-order valence-electron chi connectivity index (χ4n) is 3.81. The van der Waals surface area contributed by atoms with Crippen LogP contribution in [0.5, 0.6) is 0 Å². The molecule has 1 aliphatic rings. The Bertz CT molecular complexity index is 906. The highest BCUT2D eigenvalue weighted by Gasteiger charge is 2.23. The summed E-state index contributed by atoms with van der Waals surface area (Å²) in [6.07, 6.45) is 4.36. The van der Waals surface area contributed by atoms with Crippen molar-refractivity contribution in [1.29, 1.82) is 0 Å². The van der Waals surface area contributed by atoms with E-state index in [9.17, 15) is 8.42 Å². The van der Waals surface area contributed by atoms with Crippen molar-refractivity contribution in [2.75, 3.05) is 39.6 Å². The summed E-state index contributed by atoms with van der Waals surface area (Å²) in [6.45, 7) is 0.364. The molecule has 0 aliphatic heterocycles. The van der Waals surface area contributed by atoms with Gasteiger partial charge in [-0.2, -0.15) is 0 Å². The minimum atomic E-state index is -3.52. The maximum Gasteiger partial charge on any atom is 0.240 e. The molecule has 1 atom stereocenters. The van der Waals surface area contributed by atoms with Crippen molar-refractivity contribution in [3.05, 3.63) is 59.2 Å². The summed E-state index contributed by atoms with van der Waals surface area (Å²) in [5, 5.41) is 0. The normalized spacial score (nSPS) is 15.3. The van der Waals surface area contributed by atoms with Gasteiger partial charge in [-0.1, -0.05) is 18.2 Å². The zero-order valence-electron chi connectivity index (χ0n) is 17.3. The second kappa shape index (κ2) is 8.64. The number of hydrogen-bond donors (Lipinski definition) is 2. The fraction of sp³-hybridized carbons (Fsp3) is 0.455. The zero-order chi connectivity index (χ0) is 20.3. The van der Waals surface area contributed by atoms with E-state index in [1.54, 1.807) is 6.07 Å². The van der Waals surface area contributed by atoms with Gasteiger partial charge in [-0.05, 0) is 61.1 Å². The van der Waals surface area contributed by atoms with Crippen LogP contribution in [0.4, 0.5) is 5.69 Å². The summed E-state index contributed by atoms with van der Waals surface area (Å²) in [7, 11) is 4.60. The maximum absolute atomic E-state index is 12.9. The minimum absolute atomic E-state index is 0.0450. The Labute approximate surface area is 169 Å². The van der Waals surface area contributed by atoms with Crippen LogP contribution in [0.15, 0.2) is 47.4 Å². The molecule has 3 rings (SSSR count). The second-order valence-corrected chi connectivity index (χ2v) is 9.87. The monoisotopic (exact) mass is 402 g/mol. The molecule has 0 unspecified atom stereocenters. The van der Waals surface area contributed by atoms with E-state index in [0.717, 1.165) is 30.5 Å². The van der Waals surface area contributed by atoms with Crippen LogP contribution < -0.4 is 14.5 Å². The molecule has 0 fully saturated rings. The molecule has 2 aromatic rings. The summed E-state index contributed by atoms with van der Waals surface area (Å²) >= 11 is 0. The molecule has 1 aliphatic carbocycles. The van der Waals surface area contributed by atoms with E-state index in [1.165, 1.54) is 22.4 Å². The Balaban J connectivity index is 1.75. The van der Waals surface area contributed by atoms with Crippen molar-refractivity contribution in [2.45, 2.75) is 36.6 Å². The van der Waals surface area contributed by atoms with E-state index in [-0.39, 0.29) is 6.04 Å². The largest absolute Gasteiger partial charge is 0.378 e. The van der Waals surface area contributed by atoms with Crippen molar-refractivity contribution >= 4 is 15.7 Å². The maximum atomic E-state index is 12.9. The molecular formula is C22H32N3O2S+. The molecule has 28 heavy (non-hydrogen) atoms. The smallest absolute Gasteiger partial charge is 0.240 e. The molecule has 6 heteroatoms. The van der Waals surface area contributed by atoms with Gasteiger partial charge < -0.3 is 9.80 Å². The quantitative estimate of drug-likeness (QED) is 0.743. The fourth-order valence-corrected chi connectivity index (χ4v) is 4.91. The van der Waals surface area contributed by atoms with E-state index < -0.39 is 10.0 Å². The van der Waals surface area contributed by atoms with E-state index in [0.29, 0.717) is 11.4 Å². The highest BCUT2D eigenvalue weighted by molar-refractivity contribution is 7.89. The molecule has 0 radical (unpaired) electrons. The van der Waals surface area contributed by atoms with Crippen LogP contribution in [0.25, 0.3) is 0 Å². The molecule has 2 N–H and O–H groups in total. The Kier molecular flexibility index (Phi) is 6.43. The van der Waals surface area contributed by atoms with Gasteiger partial charge in [-0.25, -0.2) is 13.1 Å². The van der Waals surface area contributed by atoms with Gasteiger partial charge in [-0.15, -0.1) is 0 Å². The molecule has 0 saturated carbocycles. The number of quaternary nitrogens is 1. The summed E-state index contributed by atoms with van der Waals surface area (Å²) in [5.74, 6) is 0. The van der Waals surface area contributed by atoms with E-state index in [4.69, 9.17) is 0 Å². The first-order valence-corrected chi connectivity index (χ1v) is 11.4. The van der Waals surface area contributed by atoms with E-state index >= 15 is 0 Å². The van der Waals surface area contributed by atoms with Gasteiger partial charge in [0.15, 0.2) is 0 Å². The number of sulfonamides is 1. The van der Waals surface area contributed by atoms with Gasteiger partial charge in [-0.3, -0.25) is 0 Å². The van der Waals surface area contributed by atoms with Gasteiger partial charge in [0.2, 0.25) is 10.0 Å². The van der Waals surface area contributed by atoms with Crippen LogP contribution in [-0.2, 0) is 22.9 Å². The Morgan fingerprint density at radius 2 is 1.64 bits per heavy atom. The average Bonchev–Trinajstić information content (AvgIpc) is 2.67. The number of nitrogens with zero attached hydrogens (tertiary/aromatic N) is 1. The predicted octanol–water partition coefficient (Wildman–Crippen LogP) is 1.80. The van der Waals surface area contributed by atoms with Crippen molar-refractivity contribution in [3.8, 4) is 0 Å². The highest BCUT2D eigenvalue weighted by Crippen LogP contribution is 2.24. The van der Waals surface area contributed by atoms with Crippen molar-refractivity contribution in [1.82, 2.24) is 4.72 Å². The van der Waals surface area contributed by atoms with Crippen molar-refractivity contribution < 1.29 is 13.3 Å². The lowest BCUT2D eigenvalue weighted by atomic mass is 9.92. The topological polar surface area (TPSA) is 53.9 Å². The third-order valence-corrected chi connectivity index (χ3v) is 7.04. The first-order valence-electron chi connectivity index (χ1n) is 9.97. The standard InChI is InChI=1S/C22H31N3O2S/c1-24(2)20-12-9-18(10-13-20)22(25(3)4)16-23-28(26,27)21-14-11-17-7-5-6-8-19(17)15-21/h9-15,22-23H,5-8,16H2,1-4H3/p+1/t22-/m0/s1. The Hall–Kier alpha value is -1.89. The number of anilines is 1. The Morgan fingerprint density at radius 3 is 2.25 bits per heavy atom. The van der Waals surface area contributed by atoms with Crippen LogP contribution in [0.2, 0.25) is 0 Å².